The molecule has 1 atom stereocenters. The molecule has 0 aromatic heterocycles. The third kappa shape index (κ3) is 7.84. The van der Waals surface area contributed by atoms with Gasteiger partial charge >= 0.3 is 6.03 Å². The topological polar surface area (TPSA) is 101 Å². The molecule has 0 unspecified atom stereocenters. The monoisotopic (exact) mass is 560 g/mol. The highest BCUT2D eigenvalue weighted by atomic mass is 35.5. The minimum Gasteiger partial charge on any atom is -0.494 e. The van der Waals surface area contributed by atoms with Gasteiger partial charge in [0.05, 0.1) is 37.0 Å². The number of nitrogens with zero attached hydrogens (tertiary/aromatic N) is 3. The third-order valence-corrected chi connectivity index (χ3v) is 6.78. The smallest absolute Gasteiger partial charge is 0.318 e. The summed E-state index contributed by atoms with van der Waals surface area (Å²) in [5.74, 6) is 0.0815. The quantitative estimate of drug-likeness (QED) is 0.452. The molecule has 0 radical (unpaired) electrons. The number of rotatable bonds is 11. The van der Waals surface area contributed by atoms with Crippen molar-refractivity contribution in [1.29, 1.82) is 0 Å². The van der Waals surface area contributed by atoms with Gasteiger partial charge in [0.15, 0.2) is 0 Å². The number of methoxy groups -OCH3 is 2. The highest BCUT2D eigenvalue weighted by Crippen LogP contribution is 2.31. The molecule has 10 nitrogen and oxygen atoms in total. The second-order valence-electron chi connectivity index (χ2n) is 9.12. The first-order valence-corrected chi connectivity index (χ1v) is 13.3. The molecule has 39 heavy (non-hydrogen) atoms. The van der Waals surface area contributed by atoms with Crippen molar-refractivity contribution < 1.29 is 28.6 Å². The lowest BCUT2D eigenvalue weighted by Gasteiger charge is -2.30. The fourth-order valence-corrected chi connectivity index (χ4v) is 4.62. The van der Waals surface area contributed by atoms with Gasteiger partial charge in [-0.15, -0.1) is 0 Å². The van der Waals surface area contributed by atoms with E-state index in [1.54, 1.807) is 47.1 Å². The minimum absolute atomic E-state index is 0.165. The molecule has 0 fully saturated rings. The van der Waals surface area contributed by atoms with Crippen molar-refractivity contribution in [2.45, 2.75) is 26.4 Å². The minimum atomic E-state index is -0.391. The number of hydrogen-bond acceptors (Lipinski definition) is 6. The van der Waals surface area contributed by atoms with Gasteiger partial charge in [-0.2, -0.15) is 0 Å². The number of urea groups is 1. The van der Waals surface area contributed by atoms with E-state index in [-0.39, 0.29) is 37.5 Å². The summed E-state index contributed by atoms with van der Waals surface area (Å²) in [7, 11) is 3.13. The fourth-order valence-electron chi connectivity index (χ4n) is 4.37. The molecule has 0 bridgehead atoms. The zero-order valence-electron chi connectivity index (χ0n) is 22.9. The summed E-state index contributed by atoms with van der Waals surface area (Å²) < 4.78 is 15.7. The van der Waals surface area contributed by atoms with Crippen LogP contribution < -0.4 is 15.0 Å². The van der Waals surface area contributed by atoms with E-state index >= 15 is 0 Å². The summed E-state index contributed by atoms with van der Waals surface area (Å²) in [5.41, 5.74) is 1.86. The number of para-hydroxylation sites is 1. The van der Waals surface area contributed by atoms with E-state index in [2.05, 4.69) is 5.32 Å². The predicted molar refractivity (Wildman–Crippen MR) is 149 cm³/mol. The number of benzene rings is 2. The van der Waals surface area contributed by atoms with Gasteiger partial charge in [-0.25, -0.2) is 4.79 Å². The zero-order chi connectivity index (χ0) is 28.4. The molecule has 4 amide bonds. The molecule has 1 N–H and O–H groups in total. The molecule has 1 aliphatic rings. The van der Waals surface area contributed by atoms with Crippen molar-refractivity contribution in [3.63, 3.8) is 0 Å². The van der Waals surface area contributed by atoms with Crippen molar-refractivity contribution >= 4 is 35.1 Å². The first-order valence-electron chi connectivity index (χ1n) is 12.9. The molecule has 1 aliphatic heterocycles. The second-order valence-corrected chi connectivity index (χ2v) is 9.53. The Bertz CT molecular complexity index is 1140. The number of fused-ring (bicyclic) bond motifs is 1. The Morgan fingerprint density at radius 2 is 1.77 bits per heavy atom. The Hall–Kier alpha value is -3.34. The van der Waals surface area contributed by atoms with Gasteiger partial charge in [-0.3, -0.25) is 9.59 Å². The summed E-state index contributed by atoms with van der Waals surface area (Å²) in [4.78, 5) is 44.7. The van der Waals surface area contributed by atoms with Crippen molar-refractivity contribution in [2.24, 2.45) is 0 Å². The predicted octanol–water partition coefficient (Wildman–Crippen LogP) is 3.42. The van der Waals surface area contributed by atoms with Crippen LogP contribution in [0.1, 0.15) is 29.8 Å². The molecule has 0 saturated carbocycles. The molecular formula is C28H37ClN4O6. The van der Waals surface area contributed by atoms with Gasteiger partial charge in [0.1, 0.15) is 5.75 Å². The Kier molecular flexibility index (Phi) is 11.4. The van der Waals surface area contributed by atoms with Crippen LogP contribution in [0.3, 0.4) is 0 Å². The fraction of sp³-hybridized carbons (Fsp3) is 0.464. The van der Waals surface area contributed by atoms with Crippen LogP contribution in [-0.2, 0) is 20.8 Å². The number of carbonyl (C=O) groups is 3. The van der Waals surface area contributed by atoms with Gasteiger partial charge in [-0.05, 0) is 43.7 Å². The van der Waals surface area contributed by atoms with Crippen LogP contribution >= 0.6 is 11.6 Å². The molecule has 0 aliphatic carbocycles. The molecular weight excluding hydrogens is 524 g/mol. The molecule has 2 aromatic carbocycles. The lowest BCUT2D eigenvalue weighted by atomic mass is 10.1. The van der Waals surface area contributed by atoms with E-state index in [4.69, 9.17) is 25.8 Å². The number of nitrogens with one attached hydrogen (secondary N) is 1. The number of amides is 4. The van der Waals surface area contributed by atoms with E-state index in [9.17, 15) is 14.4 Å². The Morgan fingerprint density at radius 1 is 1.08 bits per heavy atom. The average molecular weight is 561 g/mol. The van der Waals surface area contributed by atoms with Crippen LogP contribution in [0, 0.1) is 0 Å². The van der Waals surface area contributed by atoms with Crippen LogP contribution in [0.25, 0.3) is 0 Å². The van der Waals surface area contributed by atoms with E-state index in [0.29, 0.717) is 54.9 Å². The molecule has 11 heteroatoms. The number of hydrogen-bond donors (Lipinski definition) is 1. The molecule has 3 rings (SSSR count). The second kappa shape index (κ2) is 14.7. The Morgan fingerprint density at radius 3 is 2.41 bits per heavy atom. The van der Waals surface area contributed by atoms with Crippen molar-refractivity contribution in [3.8, 4) is 5.75 Å². The number of ether oxygens (including phenoxy) is 3. The first-order chi connectivity index (χ1) is 18.8. The van der Waals surface area contributed by atoms with E-state index in [1.807, 2.05) is 38.1 Å². The molecule has 0 saturated heterocycles. The summed E-state index contributed by atoms with van der Waals surface area (Å²) in [6.45, 7) is 6.14. The maximum atomic E-state index is 13.7. The zero-order valence-corrected chi connectivity index (χ0v) is 23.7. The lowest BCUT2D eigenvalue weighted by Crippen LogP contribution is -2.50. The standard InChI is InChI=1S/C28H37ClN4O6/c1-5-39-22-10-11-23(24(29)16-22)27(35)33-18-20(2)32(19-21-8-6-7-9-25(21)33)28(36)30-17-26(34)31(12-14-37-3)13-15-38-4/h6-11,16,20H,5,12-15,17-19H2,1-4H3,(H,30,36)/t20-/m1/s1. The largest absolute Gasteiger partial charge is 0.494 e. The highest BCUT2D eigenvalue weighted by molar-refractivity contribution is 6.34. The van der Waals surface area contributed by atoms with Gasteiger partial charge in [-0.1, -0.05) is 29.8 Å². The summed E-state index contributed by atoms with van der Waals surface area (Å²) in [5, 5.41) is 3.04. The first kappa shape index (κ1) is 30.2. The molecule has 212 valence electrons. The van der Waals surface area contributed by atoms with Gasteiger partial charge in [0.25, 0.3) is 5.91 Å². The normalized spacial score (nSPS) is 14.8. The van der Waals surface area contributed by atoms with Crippen LogP contribution in [0.2, 0.25) is 5.02 Å². The van der Waals surface area contributed by atoms with Gasteiger partial charge < -0.3 is 34.2 Å². The summed E-state index contributed by atoms with van der Waals surface area (Å²) >= 11 is 6.47. The highest BCUT2D eigenvalue weighted by Gasteiger charge is 2.32. The van der Waals surface area contributed by atoms with E-state index < -0.39 is 6.03 Å². The molecule has 0 spiro atoms. The maximum absolute atomic E-state index is 13.7. The summed E-state index contributed by atoms with van der Waals surface area (Å²) in [6, 6.07) is 11.7. The van der Waals surface area contributed by atoms with Crippen molar-refractivity contribution in [3.05, 3.63) is 58.6 Å². The third-order valence-electron chi connectivity index (χ3n) is 6.46. The van der Waals surface area contributed by atoms with Crippen LogP contribution in [-0.4, -0.2) is 93.9 Å². The van der Waals surface area contributed by atoms with E-state index in [0.717, 1.165) is 5.56 Å². The molecule has 2 aromatic rings. The van der Waals surface area contributed by atoms with Crippen LogP contribution in [0.5, 0.6) is 5.75 Å². The van der Waals surface area contributed by atoms with Crippen LogP contribution in [0.15, 0.2) is 42.5 Å². The molecule has 1 heterocycles. The van der Waals surface area contributed by atoms with Gasteiger partial charge in [0, 0.05) is 52.1 Å². The number of carbonyl (C=O) groups excluding carboxylic acids is 3. The van der Waals surface area contributed by atoms with Crippen molar-refractivity contribution in [1.82, 2.24) is 15.1 Å². The Labute approximate surface area is 234 Å². The maximum Gasteiger partial charge on any atom is 0.318 e. The van der Waals surface area contributed by atoms with Crippen molar-refractivity contribution in [2.75, 3.05) is 65.1 Å². The number of anilines is 1. The lowest BCUT2D eigenvalue weighted by molar-refractivity contribution is -0.131. The summed E-state index contributed by atoms with van der Waals surface area (Å²) in [6.07, 6.45) is 0. The SMILES string of the molecule is CCOc1ccc(C(=O)N2C[C@@H](C)N(C(=O)NCC(=O)N(CCOC)CCOC)Cc3ccccc32)c(Cl)c1. The Balaban J connectivity index is 1.76. The van der Waals surface area contributed by atoms with Crippen LogP contribution in [0.4, 0.5) is 10.5 Å². The van der Waals surface area contributed by atoms with Gasteiger partial charge in [0.2, 0.25) is 5.91 Å². The number of halogens is 1. The van der Waals surface area contributed by atoms with E-state index in [1.165, 1.54) is 0 Å². The average Bonchev–Trinajstić information content (AvgIpc) is 3.08.